The molecule has 0 unspecified atom stereocenters. The van der Waals surface area contributed by atoms with E-state index in [2.05, 4.69) is 0 Å². The summed E-state index contributed by atoms with van der Waals surface area (Å²) >= 11 is 5.97. The number of halogens is 1. The summed E-state index contributed by atoms with van der Waals surface area (Å²) in [6.07, 6.45) is 5.41. The van der Waals surface area contributed by atoms with Gasteiger partial charge in [-0.25, -0.2) is 0 Å². The van der Waals surface area contributed by atoms with Gasteiger partial charge in [-0.05, 0) is 37.5 Å². The highest BCUT2D eigenvalue weighted by Gasteiger charge is 2.42. The number of hydrogen-bond acceptors (Lipinski definition) is 1. The average Bonchev–Trinajstić information content (AvgIpc) is 2.47. The van der Waals surface area contributed by atoms with Crippen LogP contribution in [0, 0.1) is 0 Å². The molecule has 104 valence electrons. The molecule has 1 amide bonds. The number of amides is 1. The molecule has 0 bridgehead atoms. The quantitative estimate of drug-likeness (QED) is 0.818. The second-order valence-electron chi connectivity index (χ2n) is 5.47. The minimum atomic E-state index is -0.326. The van der Waals surface area contributed by atoms with Crippen LogP contribution >= 0.6 is 11.6 Å². The van der Waals surface area contributed by atoms with Gasteiger partial charge in [-0.3, -0.25) is 4.79 Å². The van der Waals surface area contributed by atoms with E-state index < -0.39 is 0 Å². The molecule has 0 aliphatic heterocycles. The molecule has 1 aromatic rings. The summed E-state index contributed by atoms with van der Waals surface area (Å²) in [7, 11) is 1.90. The van der Waals surface area contributed by atoms with E-state index in [4.69, 9.17) is 11.6 Å². The molecule has 19 heavy (non-hydrogen) atoms. The van der Waals surface area contributed by atoms with Crippen LogP contribution in [0.15, 0.2) is 24.3 Å². The number of rotatable bonds is 3. The summed E-state index contributed by atoms with van der Waals surface area (Å²) in [5.74, 6) is 0.261. The monoisotopic (exact) mass is 279 g/mol. The van der Waals surface area contributed by atoms with Gasteiger partial charge >= 0.3 is 0 Å². The Hall–Kier alpha value is -1.02. The Labute approximate surface area is 120 Å². The van der Waals surface area contributed by atoms with Crippen LogP contribution in [0.3, 0.4) is 0 Å². The van der Waals surface area contributed by atoms with Crippen molar-refractivity contribution in [1.82, 2.24) is 4.90 Å². The average molecular weight is 280 g/mol. The van der Waals surface area contributed by atoms with Crippen molar-refractivity contribution in [3.8, 4) is 0 Å². The van der Waals surface area contributed by atoms with Gasteiger partial charge in [-0.2, -0.15) is 0 Å². The number of likely N-dealkylation sites (N-methyl/N-ethyl adjacent to an activating group) is 1. The second kappa shape index (κ2) is 5.96. The third kappa shape index (κ3) is 2.79. The predicted molar refractivity (Wildman–Crippen MR) is 79.5 cm³/mol. The smallest absolute Gasteiger partial charge is 0.232 e. The van der Waals surface area contributed by atoms with Crippen LogP contribution in [-0.2, 0) is 10.2 Å². The first-order chi connectivity index (χ1) is 9.10. The van der Waals surface area contributed by atoms with Crippen LogP contribution in [-0.4, -0.2) is 24.4 Å². The number of carbonyl (C=O) groups excluding carboxylic acids is 1. The molecule has 3 heteroatoms. The van der Waals surface area contributed by atoms with Gasteiger partial charge in [0.25, 0.3) is 0 Å². The van der Waals surface area contributed by atoms with Crippen molar-refractivity contribution in [3.05, 3.63) is 34.9 Å². The maximum Gasteiger partial charge on any atom is 0.232 e. The molecule has 0 heterocycles. The minimum absolute atomic E-state index is 0.261. The molecule has 0 spiro atoms. The van der Waals surface area contributed by atoms with Crippen molar-refractivity contribution < 1.29 is 4.79 Å². The van der Waals surface area contributed by atoms with Crippen molar-refractivity contribution in [1.29, 1.82) is 0 Å². The zero-order chi connectivity index (χ0) is 13.9. The van der Waals surface area contributed by atoms with Crippen molar-refractivity contribution in [2.75, 3.05) is 13.6 Å². The van der Waals surface area contributed by atoms with E-state index in [0.29, 0.717) is 0 Å². The van der Waals surface area contributed by atoms with Crippen LogP contribution in [0.5, 0.6) is 0 Å². The molecule has 0 aromatic heterocycles. The molecule has 1 saturated carbocycles. The lowest BCUT2D eigenvalue weighted by atomic mass is 9.68. The standard InChI is InChI=1S/C16H22ClNO/c1-3-18(2)15(19)16(11-5-4-6-12-16)13-7-9-14(17)10-8-13/h7-10H,3-6,11-12H2,1-2H3. The molecular formula is C16H22ClNO. The Morgan fingerprint density at radius 1 is 1.21 bits per heavy atom. The van der Waals surface area contributed by atoms with Gasteiger partial charge < -0.3 is 4.90 Å². The van der Waals surface area contributed by atoms with Gasteiger partial charge in [0.15, 0.2) is 0 Å². The van der Waals surface area contributed by atoms with E-state index >= 15 is 0 Å². The zero-order valence-electron chi connectivity index (χ0n) is 11.8. The van der Waals surface area contributed by atoms with Crippen molar-refractivity contribution in [3.63, 3.8) is 0 Å². The Balaban J connectivity index is 2.39. The number of benzene rings is 1. The Kier molecular flexibility index (Phi) is 4.51. The second-order valence-corrected chi connectivity index (χ2v) is 5.91. The fraction of sp³-hybridized carbons (Fsp3) is 0.562. The molecule has 1 fully saturated rings. The van der Waals surface area contributed by atoms with Gasteiger partial charge in [-0.15, -0.1) is 0 Å². The molecule has 0 N–H and O–H groups in total. The topological polar surface area (TPSA) is 20.3 Å². The number of nitrogens with zero attached hydrogens (tertiary/aromatic N) is 1. The summed E-state index contributed by atoms with van der Waals surface area (Å²) in [4.78, 5) is 14.7. The van der Waals surface area contributed by atoms with E-state index in [1.165, 1.54) is 6.42 Å². The predicted octanol–water partition coefficient (Wildman–Crippen LogP) is 4.02. The Morgan fingerprint density at radius 3 is 2.32 bits per heavy atom. The van der Waals surface area contributed by atoms with E-state index in [1.807, 2.05) is 43.1 Å². The van der Waals surface area contributed by atoms with Crippen LogP contribution in [0.4, 0.5) is 0 Å². The number of carbonyl (C=O) groups is 1. The van der Waals surface area contributed by atoms with Gasteiger partial charge in [0, 0.05) is 18.6 Å². The minimum Gasteiger partial charge on any atom is -0.345 e. The van der Waals surface area contributed by atoms with E-state index in [1.54, 1.807) is 0 Å². The summed E-state index contributed by atoms with van der Waals surface area (Å²) in [6, 6.07) is 7.84. The van der Waals surface area contributed by atoms with Crippen molar-refractivity contribution >= 4 is 17.5 Å². The Morgan fingerprint density at radius 2 is 1.79 bits per heavy atom. The fourth-order valence-electron chi connectivity index (χ4n) is 3.06. The SMILES string of the molecule is CCN(C)C(=O)C1(c2ccc(Cl)cc2)CCCCC1. The summed E-state index contributed by atoms with van der Waals surface area (Å²) in [5, 5.41) is 0.728. The van der Waals surface area contributed by atoms with Crippen molar-refractivity contribution in [2.45, 2.75) is 44.4 Å². The first-order valence-corrected chi connectivity index (χ1v) is 7.49. The lowest BCUT2D eigenvalue weighted by Crippen LogP contribution is -2.46. The molecule has 1 aliphatic rings. The normalized spacial score (nSPS) is 18.1. The largest absolute Gasteiger partial charge is 0.345 e. The van der Waals surface area contributed by atoms with Crippen LogP contribution in [0.2, 0.25) is 5.02 Å². The highest BCUT2D eigenvalue weighted by Crippen LogP contribution is 2.41. The molecule has 2 rings (SSSR count). The van der Waals surface area contributed by atoms with E-state index in [0.717, 1.165) is 42.8 Å². The zero-order valence-corrected chi connectivity index (χ0v) is 12.5. The first-order valence-electron chi connectivity index (χ1n) is 7.12. The summed E-state index contributed by atoms with van der Waals surface area (Å²) in [6.45, 7) is 2.78. The van der Waals surface area contributed by atoms with Gasteiger partial charge in [-0.1, -0.05) is 43.0 Å². The lowest BCUT2D eigenvalue weighted by Gasteiger charge is -2.39. The fourth-order valence-corrected chi connectivity index (χ4v) is 3.19. The molecule has 2 nitrogen and oxygen atoms in total. The molecule has 0 saturated heterocycles. The van der Waals surface area contributed by atoms with Gasteiger partial charge in [0.1, 0.15) is 0 Å². The first kappa shape index (κ1) is 14.4. The highest BCUT2D eigenvalue weighted by atomic mass is 35.5. The van der Waals surface area contributed by atoms with E-state index in [-0.39, 0.29) is 11.3 Å². The molecular weight excluding hydrogens is 258 g/mol. The molecule has 1 aliphatic carbocycles. The van der Waals surface area contributed by atoms with E-state index in [9.17, 15) is 4.79 Å². The summed E-state index contributed by atoms with van der Waals surface area (Å²) in [5.41, 5.74) is 0.801. The molecule has 0 atom stereocenters. The maximum atomic E-state index is 12.8. The maximum absolute atomic E-state index is 12.8. The van der Waals surface area contributed by atoms with Gasteiger partial charge in [0.2, 0.25) is 5.91 Å². The van der Waals surface area contributed by atoms with Crippen LogP contribution < -0.4 is 0 Å². The Bertz CT molecular complexity index is 435. The number of hydrogen-bond donors (Lipinski definition) is 0. The van der Waals surface area contributed by atoms with Crippen molar-refractivity contribution in [2.24, 2.45) is 0 Å². The molecule has 0 radical (unpaired) electrons. The highest BCUT2D eigenvalue weighted by molar-refractivity contribution is 6.30. The third-order valence-electron chi connectivity index (χ3n) is 4.33. The molecule has 1 aromatic carbocycles. The third-order valence-corrected chi connectivity index (χ3v) is 4.59. The van der Waals surface area contributed by atoms with Crippen LogP contribution in [0.1, 0.15) is 44.6 Å². The lowest BCUT2D eigenvalue weighted by molar-refractivity contribution is -0.137. The van der Waals surface area contributed by atoms with Crippen LogP contribution in [0.25, 0.3) is 0 Å². The van der Waals surface area contributed by atoms with Gasteiger partial charge in [0.05, 0.1) is 5.41 Å². The summed E-state index contributed by atoms with van der Waals surface area (Å²) < 4.78 is 0.